The molecule has 2 atom stereocenters. The van der Waals surface area contributed by atoms with Gasteiger partial charge in [-0.2, -0.15) is 10.2 Å². The van der Waals surface area contributed by atoms with Crippen LogP contribution in [0.25, 0.3) is 11.6 Å². The molecule has 0 aromatic carbocycles. The van der Waals surface area contributed by atoms with Crippen LogP contribution in [0.5, 0.6) is 0 Å². The van der Waals surface area contributed by atoms with E-state index in [4.69, 9.17) is 9.78 Å². The summed E-state index contributed by atoms with van der Waals surface area (Å²) in [5.74, 6) is 2.38. The van der Waals surface area contributed by atoms with Gasteiger partial charge in [-0.1, -0.05) is 12.1 Å². The van der Waals surface area contributed by atoms with E-state index in [1.165, 1.54) is 0 Å². The fraction of sp³-hybridized carbons (Fsp3) is 0.417. The van der Waals surface area contributed by atoms with Crippen molar-refractivity contribution in [1.82, 2.24) is 14.7 Å². The molecule has 1 aliphatic carbocycles. The van der Waals surface area contributed by atoms with Crippen molar-refractivity contribution in [2.24, 2.45) is 13.0 Å². The van der Waals surface area contributed by atoms with Crippen LogP contribution in [-0.2, 0) is 7.05 Å². The Morgan fingerprint density at radius 1 is 1.59 bits per heavy atom. The van der Waals surface area contributed by atoms with E-state index >= 15 is 0 Å². The molecular weight excluding hydrogens is 216 g/mol. The Bertz CT molecular complexity index is 604. The maximum absolute atomic E-state index is 8.83. The first-order chi connectivity index (χ1) is 8.19. The van der Waals surface area contributed by atoms with Gasteiger partial charge in [0.05, 0.1) is 5.56 Å². The smallest absolute Gasteiger partial charge is 0.274 e. The van der Waals surface area contributed by atoms with E-state index in [-0.39, 0.29) is 0 Å². The zero-order valence-electron chi connectivity index (χ0n) is 9.71. The van der Waals surface area contributed by atoms with Crippen LogP contribution in [0.1, 0.15) is 30.7 Å². The second kappa shape index (κ2) is 3.45. The van der Waals surface area contributed by atoms with Gasteiger partial charge >= 0.3 is 0 Å². The Morgan fingerprint density at radius 2 is 2.35 bits per heavy atom. The van der Waals surface area contributed by atoms with E-state index in [1.54, 1.807) is 12.3 Å². The molecule has 2 heterocycles. The van der Waals surface area contributed by atoms with E-state index in [2.05, 4.69) is 23.1 Å². The molecule has 0 radical (unpaired) electrons. The topological polar surface area (TPSA) is 67.6 Å². The molecule has 0 N–H and O–H groups in total. The third kappa shape index (κ3) is 1.62. The lowest BCUT2D eigenvalue weighted by Gasteiger charge is -1.94. The fourth-order valence-electron chi connectivity index (χ4n) is 2.01. The van der Waals surface area contributed by atoms with Gasteiger partial charge in [-0.25, -0.2) is 0 Å². The first-order valence-corrected chi connectivity index (χ1v) is 5.59. The van der Waals surface area contributed by atoms with E-state index < -0.39 is 0 Å². The Kier molecular flexibility index (Phi) is 2.05. The second-order valence-electron chi connectivity index (χ2n) is 4.61. The van der Waals surface area contributed by atoms with Gasteiger partial charge < -0.3 is 9.09 Å². The largest absolute Gasteiger partial charge is 0.345 e. The van der Waals surface area contributed by atoms with E-state index in [0.29, 0.717) is 23.3 Å². The predicted molar refractivity (Wildman–Crippen MR) is 59.9 cm³/mol. The highest BCUT2D eigenvalue weighted by atomic mass is 16.5. The summed E-state index contributed by atoms with van der Waals surface area (Å²) in [5, 5.41) is 12.8. The Balaban J connectivity index is 1.95. The molecule has 1 saturated carbocycles. The Hall–Kier alpha value is -2.09. The lowest BCUT2D eigenvalue weighted by atomic mass is 10.3. The number of hydrogen-bond donors (Lipinski definition) is 0. The highest BCUT2D eigenvalue weighted by molar-refractivity contribution is 5.52. The molecule has 2 unspecified atom stereocenters. The molecule has 1 fully saturated rings. The van der Waals surface area contributed by atoms with Crippen molar-refractivity contribution in [3.05, 3.63) is 23.7 Å². The number of aryl methyl sites for hydroxylation is 1. The zero-order chi connectivity index (χ0) is 12.0. The van der Waals surface area contributed by atoms with Gasteiger partial charge in [0.1, 0.15) is 11.8 Å². The molecule has 2 aromatic rings. The van der Waals surface area contributed by atoms with Crippen LogP contribution in [0, 0.1) is 17.2 Å². The van der Waals surface area contributed by atoms with Crippen molar-refractivity contribution in [3.63, 3.8) is 0 Å². The molecule has 2 aromatic heterocycles. The van der Waals surface area contributed by atoms with Gasteiger partial charge in [0.2, 0.25) is 0 Å². The molecule has 86 valence electrons. The van der Waals surface area contributed by atoms with E-state index in [9.17, 15) is 0 Å². The van der Waals surface area contributed by atoms with Crippen molar-refractivity contribution >= 4 is 0 Å². The average molecular weight is 228 g/mol. The SMILES string of the molecule is CC1CC1c1noc(-c2cc(C#N)cn2C)n1. The maximum atomic E-state index is 8.83. The van der Waals surface area contributed by atoms with Crippen LogP contribution < -0.4 is 0 Å². The normalized spacial score (nSPS) is 22.4. The van der Waals surface area contributed by atoms with Crippen LogP contribution in [0.2, 0.25) is 0 Å². The van der Waals surface area contributed by atoms with Gasteiger partial charge in [-0.3, -0.25) is 0 Å². The fourth-order valence-corrected chi connectivity index (χ4v) is 2.01. The Morgan fingerprint density at radius 3 is 2.94 bits per heavy atom. The van der Waals surface area contributed by atoms with Gasteiger partial charge in [0.15, 0.2) is 5.82 Å². The van der Waals surface area contributed by atoms with Crippen LogP contribution in [0.4, 0.5) is 0 Å². The lowest BCUT2D eigenvalue weighted by molar-refractivity contribution is 0.419. The summed E-state index contributed by atoms with van der Waals surface area (Å²) in [4.78, 5) is 4.39. The number of rotatable bonds is 2. The summed E-state index contributed by atoms with van der Waals surface area (Å²) in [7, 11) is 1.86. The summed E-state index contributed by atoms with van der Waals surface area (Å²) in [6.07, 6.45) is 2.88. The zero-order valence-corrected chi connectivity index (χ0v) is 9.71. The van der Waals surface area contributed by atoms with Crippen molar-refractivity contribution < 1.29 is 4.52 Å². The van der Waals surface area contributed by atoms with Crippen molar-refractivity contribution in [1.29, 1.82) is 5.26 Å². The van der Waals surface area contributed by atoms with Gasteiger partial charge in [-0.05, 0) is 18.4 Å². The molecule has 3 rings (SSSR count). The van der Waals surface area contributed by atoms with Crippen molar-refractivity contribution in [3.8, 4) is 17.7 Å². The predicted octanol–water partition coefficient (Wildman–Crippen LogP) is 2.07. The molecule has 17 heavy (non-hydrogen) atoms. The quantitative estimate of drug-likeness (QED) is 0.789. The van der Waals surface area contributed by atoms with Crippen LogP contribution in [0.15, 0.2) is 16.8 Å². The standard InChI is InChI=1S/C12H12N4O/c1-7-3-9(7)11-14-12(17-15-11)10-4-8(5-13)6-16(10)2/h4,6-7,9H,3H2,1-2H3. The summed E-state index contributed by atoms with van der Waals surface area (Å²) in [5.41, 5.74) is 1.38. The van der Waals surface area contributed by atoms with Gasteiger partial charge in [-0.15, -0.1) is 0 Å². The Labute approximate surface area is 98.7 Å². The highest BCUT2D eigenvalue weighted by Crippen LogP contribution is 2.45. The second-order valence-corrected chi connectivity index (χ2v) is 4.61. The molecule has 0 bridgehead atoms. The molecular formula is C12H12N4O. The molecule has 0 amide bonds. The minimum atomic E-state index is 0.447. The molecule has 0 aliphatic heterocycles. The summed E-state index contributed by atoms with van der Waals surface area (Å²) >= 11 is 0. The van der Waals surface area contributed by atoms with Crippen LogP contribution >= 0.6 is 0 Å². The molecule has 5 nitrogen and oxygen atoms in total. The minimum Gasteiger partial charge on any atom is -0.345 e. The summed E-state index contributed by atoms with van der Waals surface area (Å²) < 4.78 is 7.07. The van der Waals surface area contributed by atoms with E-state index in [1.807, 2.05) is 11.6 Å². The average Bonchev–Trinajstić information content (AvgIpc) is 2.78. The molecule has 0 spiro atoms. The first-order valence-electron chi connectivity index (χ1n) is 5.59. The molecule has 0 saturated heterocycles. The van der Waals surface area contributed by atoms with Crippen molar-refractivity contribution in [2.75, 3.05) is 0 Å². The first kappa shape index (κ1) is 10.1. The van der Waals surface area contributed by atoms with Crippen LogP contribution in [0.3, 0.4) is 0 Å². The lowest BCUT2D eigenvalue weighted by Crippen LogP contribution is -1.90. The monoisotopic (exact) mass is 228 g/mol. The van der Waals surface area contributed by atoms with Gasteiger partial charge in [0.25, 0.3) is 5.89 Å². The van der Waals surface area contributed by atoms with Crippen molar-refractivity contribution in [2.45, 2.75) is 19.3 Å². The third-order valence-electron chi connectivity index (χ3n) is 3.24. The molecule has 1 aliphatic rings. The summed E-state index contributed by atoms with van der Waals surface area (Å²) in [6, 6.07) is 3.85. The van der Waals surface area contributed by atoms with E-state index in [0.717, 1.165) is 17.9 Å². The highest BCUT2D eigenvalue weighted by Gasteiger charge is 2.38. The number of nitriles is 1. The number of aromatic nitrogens is 3. The van der Waals surface area contributed by atoms with Gasteiger partial charge in [0, 0.05) is 19.2 Å². The maximum Gasteiger partial charge on any atom is 0.274 e. The number of hydrogen-bond acceptors (Lipinski definition) is 4. The summed E-state index contributed by atoms with van der Waals surface area (Å²) in [6.45, 7) is 2.18. The molecule has 5 heteroatoms. The minimum absolute atomic E-state index is 0.447. The van der Waals surface area contributed by atoms with Crippen LogP contribution in [-0.4, -0.2) is 14.7 Å². The number of nitrogens with zero attached hydrogens (tertiary/aromatic N) is 4. The third-order valence-corrected chi connectivity index (χ3v) is 3.24.